The van der Waals surface area contributed by atoms with E-state index < -0.39 is 9.84 Å². The first-order valence-electron chi connectivity index (χ1n) is 6.55. The van der Waals surface area contributed by atoms with Crippen LogP contribution in [0.4, 0.5) is 5.69 Å². The molecule has 0 spiro atoms. The van der Waals surface area contributed by atoms with Gasteiger partial charge >= 0.3 is 0 Å². The molecular formula is C14H20N2O3S. The van der Waals surface area contributed by atoms with E-state index in [2.05, 4.69) is 0 Å². The smallest absolute Gasteiger partial charge is 0.253 e. The molecule has 0 aliphatic carbocycles. The monoisotopic (exact) mass is 296 g/mol. The first-order valence-corrected chi connectivity index (χ1v) is 8.37. The zero-order chi connectivity index (χ0) is 14.9. The standard InChI is InChI=1S/C14H20N2O3S/c1-15(2)12-6-4-5-11(9-12)14(17)16(3)13-7-8-20(18,19)10-13/h4-6,9,13H,7-8,10H2,1-3H3/t13-/m0/s1. The molecule has 1 saturated heterocycles. The number of sulfone groups is 1. The Balaban J connectivity index is 2.17. The molecule has 20 heavy (non-hydrogen) atoms. The molecule has 1 fully saturated rings. The van der Waals surface area contributed by atoms with Gasteiger partial charge in [-0.3, -0.25) is 4.79 Å². The lowest BCUT2D eigenvalue weighted by Crippen LogP contribution is -2.37. The molecule has 0 aromatic heterocycles. The average Bonchev–Trinajstić information content (AvgIpc) is 2.77. The topological polar surface area (TPSA) is 57.7 Å². The molecule has 0 bridgehead atoms. The van der Waals surface area contributed by atoms with Gasteiger partial charge < -0.3 is 9.80 Å². The van der Waals surface area contributed by atoms with Crippen molar-refractivity contribution in [2.75, 3.05) is 37.5 Å². The van der Waals surface area contributed by atoms with Gasteiger partial charge in [-0.05, 0) is 24.6 Å². The van der Waals surface area contributed by atoms with Crippen molar-refractivity contribution >= 4 is 21.4 Å². The van der Waals surface area contributed by atoms with Crippen LogP contribution in [0.1, 0.15) is 16.8 Å². The predicted octanol–water partition coefficient (Wildman–Crippen LogP) is 1.01. The minimum absolute atomic E-state index is 0.0720. The Morgan fingerprint density at radius 2 is 1.95 bits per heavy atom. The summed E-state index contributed by atoms with van der Waals surface area (Å²) in [6.07, 6.45) is 0.526. The van der Waals surface area contributed by atoms with Gasteiger partial charge in [0.05, 0.1) is 11.5 Å². The number of amides is 1. The van der Waals surface area contributed by atoms with Gasteiger partial charge in [-0.1, -0.05) is 6.07 Å². The Labute approximate surface area is 120 Å². The molecule has 1 aliphatic rings. The highest BCUT2D eigenvalue weighted by Crippen LogP contribution is 2.20. The number of anilines is 1. The summed E-state index contributed by atoms with van der Waals surface area (Å²) in [4.78, 5) is 15.9. The predicted molar refractivity (Wildman–Crippen MR) is 79.9 cm³/mol. The number of carbonyl (C=O) groups is 1. The third-order valence-electron chi connectivity index (χ3n) is 3.69. The van der Waals surface area contributed by atoms with E-state index >= 15 is 0 Å². The molecule has 0 radical (unpaired) electrons. The van der Waals surface area contributed by atoms with E-state index in [1.807, 2.05) is 37.2 Å². The molecule has 1 aromatic rings. The number of benzene rings is 1. The summed E-state index contributed by atoms with van der Waals surface area (Å²) in [6.45, 7) is 0. The van der Waals surface area contributed by atoms with E-state index in [1.54, 1.807) is 18.0 Å². The van der Waals surface area contributed by atoms with Crippen molar-refractivity contribution in [2.24, 2.45) is 0 Å². The molecule has 1 aliphatic heterocycles. The summed E-state index contributed by atoms with van der Waals surface area (Å²) in [5.41, 5.74) is 1.53. The molecule has 2 rings (SSSR count). The quantitative estimate of drug-likeness (QED) is 0.835. The fourth-order valence-corrected chi connectivity index (χ4v) is 4.14. The van der Waals surface area contributed by atoms with Gasteiger partial charge in [0.1, 0.15) is 0 Å². The van der Waals surface area contributed by atoms with Crippen LogP contribution in [0.15, 0.2) is 24.3 Å². The van der Waals surface area contributed by atoms with Gasteiger partial charge in [-0.2, -0.15) is 0 Å². The number of carbonyl (C=O) groups excluding carboxylic acids is 1. The maximum Gasteiger partial charge on any atom is 0.253 e. The molecule has 1 aromatic carbocycles. The SMILES string of the molecule is CN(C)c1cccc(C(=O)N(C)[C@H]2CCS(=O)(=O)C2)c1. The third kappa shape index (κ3) is 3.12. The lowest BCUT2D eigenvalue weighted by Gasteiger charge is -2.24. The van der Waals surface area contributed by atoms with Crippen molar-refractivity contribution in [1.29, 1.82) is 0 Å². The Hall–Kier alpha value is -1.56. The molecule has 1 heterocycles. The van der Waals surface area contributed by atoms with Crippen LogP contribution < -0.4 is 4.90 Å². The second-order valence-electron chi connectivity index (χ2n) is 5.42. The van der Waals surface area contributed by atoms with E-state index in [0.29, 0.717) is 12.0 Å². The van der Waals surface area contributed by atoms with Crippen LogP contribution in [0.5, 0.6) is 0 Å². The molecule has 5 nitrogen and oxygen atoms in total. The van der Waals surface area contributed by atoms with E-state index in [9.17, 15) is 13.2 Å². The van der Waals surface area contributed by atoms with Crippen molar-refractivity contribution < 1.29 is 13.2 Å². The summed E-state index contributed by atoms with van der Waals surface area (Å²) in [5.74, 6) is 0.117. The second kappa shape index (κ2) is 5.44. The number of rotatable bonds is 3. The van der Waals surface area contributed by atoms with E-state index in [-0.39, 0.29) is 23.5 Å². The summed E-state index contributed by atoms with van der Waals surface area (Å²) in [5, 5.41) is 0. The molecule has 1 atom stereocenters. The second-order valence-corrected chi connectivity index (χ2v) is 7.65. The Bertz CT molecular complexity index is 611. The number of hydrogen-bond donors (Lipinski definition) is 0. The van der Waals surface area contributed by atoms with E-state index in [4.69, 9.17) is 0 Å². The third-order valence-corrected chi connectivity index (χ3v) is 5.44. The van der Waals surface area contributed by atoms with Crippen LogP contribution >= 0.6 is 0 Å². The Kier molecular flexibility index (Phi) is 4.04. The highest BCUT2D eigenvalue weighted by molar-refractivity contribution is 7.91. The highest BCUT2D eigenvalue weighted by Gasteiger charge is 2.33. The first kappa shape index (κ1) is 14.8. The summed E-state index contributed by atoms with van der Waals surface area (Å²) in [6, 6.07) is 7.13. The van der Waals surface area contributed by atoms with E-state index in [0.717, 1.165) is 5.69 Å². The summed E-state index contributed by atoms with van der Waals surface area (Å²) < 4.78 is 23.0. The fourth-order valence-electron chi connectivity index (χ4n) is 2.37. The molecule has 0 saturated carbocycles. The number of hydrogen-bond acceptors (Lipinski definition) is 4. The average molecular weight is 296 g/mol. The van der Waals surface area contributed by atoms with Crippen molar-refractivity contribution in [3.63, 3.8) is 0 Å². The molecule has 0 N–H and O–H groups in total. The van der Waals surface area contributed by atoms with Gasteiger partial charge in [0.25, 0.3) is 5.91 Å². The maximum atomic E-state index is 12.4. The van der Waals surface area contributed by atoms with Crippen molar-refractivity contribution in [2.45, 2.75) is 12.5 Å². The van der Waals surface area contributed by atoms with Gasteiger partial charge in [0, 0.05) is 38.4 Å². The van der Waals surface area contributed by atoms with Crippen LogP contribution in [0, 0.1) is 0 Å². The van der Waals surface area contributed by atoms with Crippen LogP contribution in [0.2, 0.25) is 0 Å². The minimum Gasteiger partial charge on any atom is -0.378 e. The Morgan fingerprint density at radius 1 is 1.25 bits per heavy atom. The van der Waals surface area contributed by atoms with Crippen LogP contribution in [0.25, 0.3) is 0 Å². The van der Waals surface area contributed by atoms with Crippen LogP contribution in [0.3, 0.4) is 0 Å². The molecule has 1 amide bonds. The largest absolute Gasteiger partial charge is 0.378 e. The molecule has 6 heteroatoms. The lowest BCUT2D eigenvalue weighted by molar-refractivity contribution is 0.0748. The number of nitrogens with zero attached hydrogens (tertiary/aromatic N) is 2. The van der Waals surface area contributed by atoms with Gasteiger partial charge in [0.15, 0.2) is 9.84 Å². The van der Waals surface area contributed by atoms with E-state index in [1.165, 1.54) is 0 Å². The highest BCUT2D eigenvalue weighted by atomic mass is 32.2. The molecule has 0 unspecified atom stereocenters. The van der Waals surface area contributed by atoms with Gasteiger partial charge in [-0.25, -0.2) is 8.42 Å². The zero-order valence-electron chi connectivity index (χ0n) is 12.0. The molecule has 110 valence electrons. The van der Waals surface area contributed by atoms with Crippen LogP contribution in [-0.2, 0) is 9.84 Å². The maximum absolute atomic E-state index is 12.4. The van der Waals surface area contributed by atoms with Gasteiger partial charge in [-0.15, -0.1) is 0 Å². The summed E-state index contributed by atoms with van der Waals surface area (Å²) >= 11 is 0. The summed E-state index contributed by atoms with van der Waals surface area (Å²) in [7, 11) is 2.52. The van der Waals surface area contributed by atoms with Crippen molar-refractivity contribution in [1.82, 2.24) is 4.90 Å². The van der Waals surface area contributed by atoms with Crippen molar-refractivity contribution in [3.8, 4) is 0 Å². The zero-order valence-corrected chi connectivity index (χ0v) is 12.9. The minimum atomic E-state index is -2.98. The van der Waals surface area contributed by atoms with Crippen molar-refractivity contribution in [3.05, 3.63) is 29.8 Å². The fraction of sp³-hybridized carbons (Fsp3) is 0.500. The molecular weight excluding hydrogens is 276 g/mol. The first-order chi connectivity index (χ1) is 9.30. The van der Waals surface area contributed by atoms with Gasteiger partial charge in [0.2, 0.25) is 0 Å². The lowest BCUT2D eigenvalue weighted by atomic mass is 10.1. The normalized spacial score (nSPS) is 20.6. The van der Waals surface area contributed by atoms with Crippen LogP contribution in [-0.4, -0.2) is 57.9 Å². The Morgan fingerprint density at radius 3 is 2.50 bits per heavy atom.